The second kappa shape index (κ2) is 5.48. The topological polar surface area (TPSA) is 24.9 Å². The summed E-state index contributed by atoms with van der Waals surface area (Å²) in [7, 11) is 0. The van der Waals surface area contributed by atoms with Gasteiger partial charge in [-0.05, 0) is 35.7 Å². The molecule has 0 unspecified atom stereocenters. The smallest absolute Gasteiger partial charge is 0.0594 e. The van der Waals surface area contributed by atoms with Crippen molar-refractivity contribution in [3.05, 3.63) is 59.9 Å². The maximum absolute atomic E-state index is 4.28. The lowest BCUT2D eigenvalue weighted by Gasteiger charge is -2.08. The zero-order valence-corrected chi connectivity index (χ0v) is 10.4. The molecule has 0 radical (unpaired) electrons. The number of nitrogens with one attached hydrogen (secondary N) is 1. The maximum atomic E-state index is 4.28. The van der Waals surface area contributed by atoms with Crippen LogP contribution in [-0.4, -0.2) is 4.98 Å². The Morgan fingerprint density at radius 3 is 2.41 bits per heavy atom. The minimum atomic E-state index is 0.583. The summed E-state index contributed by atoms with van der Waals surface area (Å²) in [5.74, 6) is 0.583. The van der Waals surface area contributed by atoms with Gasteiger partial charge in [0.15, 0.2) is 0 Å². The quantitative estimate of drug-likeness (QED) is 0.857. The molecule has 0 saturated carbocycles. The van der Waals surface area contributed by atoms with E-state index in [1.807, 2.05) is 24.4 Å². The van der Waals surface area contributed by atoms with E-state index in [-0.39, 0.29) is 0 Å². The number of pyridine rings is 1. The molecule has 2 rings (SSSR count). The fraction of sp³-hybridized carbons (Fsp3) is 0.267. The van der Waals surface area contributed by atoms with Crippen molar-refractivity contribution in [2.24, 2.45) is 0 Å². The van der Waals surface area contributed by atoms with Gasteiger partial charge >= 0.3 is 0 Å². The second-order valence-electron chi connectivity index (χ2n) is 4.45. The average molecular weight is 226 g/mol. The molecule has 0 atom stereocenters. The van der Waals surface area contributed by atoms with E-state index in [4.69, 9.17) is 0 Å². The first-order valence-corrected chi connectivity index (χ1v) is 5.99. The van der Waals surface area contributed by atoms with Crippen molar-refractivity contribution in [1.82, 2.24) is 4.98 Å². The van der Waals surface area contributed by atoms with Crippen LogP contribution in [0.3, 0.4) is 0 Å². The van der Waals surface area contributed by atoms with Crippen molar-refractivity contribution in [3.8, 4) is 0 Å². The highest BCUT2D eigenvalue weighted by atomic mass is 14.9. The lowest BCUT2D eigenvalue weighted by Crippen LogP contribution is -2.01. The molecule has 1 aromatic heterocycles. The third kappa shape index (κ3) is 3.31. The Balaban J connectivity index is 1.96. The molecular formula is C15H18N2. The molecule has 17 heavy (non-hydrogen) atoms. The third-order valence-electron chi connectivity index (χ3n) is 2.78. The van der Waals surface area contributed by atoms with Gasteiger partial charge in [0.25, 0.3) is 0 Å². The summed E-state index contributed by atoms with van der Waals surface area (Å²) >= 11 is 0. The van der Waals surface area contributed by atoms with Crippen molar-refractivity contribution in [1.29, 1.82) is 0 Å². The molecule has 0 bridgehead atoms. The summed E-state index contributed by atoms with van der Waals surface area (Å²) in [6, 6.07) is 14.6. The molecule has 0 spiro atoms. The lowest BCUT2D eigenvalue weighted by atomic mass is 10.0. The minimum absolute atomic E-state index is 0.583. The lowest BCUT2D eigenvalue weighted by molar-refractivity contribution is 0.866. The molecule has 2 heteroatoms. The standard InChI is InChI=1S/C15H18N2/c1-12(2)13-6-8-14(9-7-13)17-11-15-5-3-4-10-16-15/h3-10,12,17H,11H2,1-2H3. The van der Waals surface area contributed by atoms with Crippen molar-refractivity contribution in [2.45, 2.75) is 26.3 Å². The van der Waals surface area contributed by atoms with Gasteiger partial charge in [0.05, 0.1) is 12.2 Å². The number of nitrogens with zero attached hydrogens (tertiary/aromatic N) is 1. The summed E-state index contributed by atoms with van der Waals surface area (Å²) in [6.07, 6.45) is 1.82. The number of benzene rings is 1. The van der Waals surface area contributed by atoms with Crippen LogP contribution in [0.1, 0.15) is 31.0 Å². The Morgan fingerprint density at radius 1 is 1.06 bits per heavy atom. The predicted molar refractivity (Wildman–Crippen MR) is 72.1 cm³/mol. The Bertz CT molecular complexity index is 446. The molecule has 0 aliphatic heterocycles. The SMILES string of the molecule is CC(C)c1ccc(NCc2ccccn2)cc1. The molecule has 1 aromatic carbocycles. The molecule has 0 amide bonds. The highest BCUT2D eigenvalue weighted by molar-refractivity contribution is 5.45. The third-order valence-corrected chi connectivity index (χ3v) is 2.78. The van der Waals surface area contributed by atoms with Gasteiger partial charge < -0.3 is 5.32 Å². The van der Waals surface area contributed by atoms with Crippen molar-refractivity contribution >= 4 is 5.69 Å². The van der Waals surface area contributed by atoms with E-state index >= 15 is 0 Å². The molecular weight excluding hydrogens is 208 g/mol. The van der Waals surface area contributed by atoms with E-state index in [1.54, 1.807) is 0 Å². The Kier molecular flexibility index (Phi) is 3.76. The fourth-order valence-electron chi connectivity index (χ4n) is 1.68. The number of rotatable bonds is 4. The second-order valence-corrected chi connectivity index (χ2v) is 4.45. The average Bonchev–Trinajstić information content (AvgIpc) is 2.38. The highest BCUT2D eigenvalue weighted by Gasteiger charge is 1.98. The molecule has 0 aliphatic carbocycles. The van der Waals surface area contributed by atoms with Gasteiger partial charge in [-0.2, -0.15) is 0 Å². The molecule has 0 saturated heterocycles. The first-order chi connectivity index (χ1) is 8.25. The Labute approximate surface area is 103 Å². The molecule has 2 aromatic rings. The number of aromatic nitrogens is 1. The van der Waals surface area contributed by atoms with Crippen LogP contribution in [0.25, 0.3) is 0 Å². The van der Waals surface area contributed by atoms with Crippen molar-refractivity contribution in [2.75, 3.05) is 5.32 Å². The number of hydrogen-bond acceptors (Lipinski definition) is 2. The van der Waals surface area contributed by atoms with Crippen LogP contribution in [0.4, 0.5) is 5.69 Å². The molecule has 0 aliphatic rings. The van der Waals surface area contributed by atoms with E-state index in [0.717, 1.165) is 17.9 Å². The van der Waals surface area contributed by atoms with Gasteiger partial charge in [0.2, 0.25) is 0 Å². The van der Waals surface area contributed by atoms with Gasteiger partial charge in [0.1, 0.15) is 0 Å². The summed E-state index contributed by atoms with van der Waals surface area (Å²) in [5.41, 5.74) is 3.56. The molecule has 0 fully saturated rings. The fourth-order valence-corrected chi connectivity index (χ4v) is 1.68. The summed E-state index contributed by atoms with van der Waals surface area (Å²) in [5, 5.41) is 3.36. The van der Waals surface area contributed by atoms with E-state index < -0.39 is 0 Å². The summed E-state index contributed by atoms with van der Waals surface area (Å²) < 4.78 is 0. The van der Waals surface area contributed by atoms with Gasteiger partial charge in [-0.15, -0.1) is 0 Å². The molecule has 2 nitrogen and oxygen atoms in total. The minimum Gasteiger partial charge on any atom is -0.379 e. The number of anilines is 1. The van der Waals surface area contributed by atoms with Crippen molar-refractivity contribution < 1.29 is 0 Å². The highest BCUT2D eigenvalue weighted by Crippen LogP contribution is 2.17. The zero-order chi connectivity index (χ0) is 12.1. The van der Waals surface area contributed by atoms with Gasteiger partial charge in [-0.25, -0.2) is 0 Å². The van der Waals surface area contributed by atoms with E-state index in [2.05, 4.69) is 48.4 Å². The predicted octanol–water partition coefficient (Wildman–Crippen LogP) is 3.82. The van der Waals surface area contributed by atoms with Gasteiger partial charge in [0, 0.05) is 11.9 Å². The zero-order valence-electron chi connectivity index (χ0n) is 10.4. The Morgan fingerprint density at radius 2 is 1.82 bits per heavy atom. The van der Waals surface area contributed by atoms with E-state index in [9.17, 15) is 0 Å². The summed E-state index contributed by atoms with van der Waals surface area (Å²) in [6.45, 7) is 5.18. The largest absolute Gasteiger partial charge is 0.379 e. The molecule has 1 N–H and O–H groups in total. The van der Waals surface area contributed by atoms with Crippen molar-refractivity contribution in [3.63, 3.8) is 0 Å². The Hall–Kier alpha value is -1.83. The van der Waals surface area contributed by atoms with Crippen LogP contribution in [0, 0.1) is 0 Å². The van der Waals surface area contributed by atoms with E-state index in [1.165, 1.54) is 5.56 Å². The van der Waals surface area contributed by atoms with Crippen LogP contribution in [0.15, 0.2) is 48.7 Å². The van der Waals surface area contributed by atoms with Gasteiger partial charge in [-0.3, -0.25) is 4.98 Å². The van der Waals surface area contributed by atoms with Crippen LogP contribution < -0.4 is 5.32 Å². The van der Waals surface area contributed by atoms with Crippen LogP contribution >= 0.6 is 0 Å². The van der Waals surface area contributed by atoms with Crippen LogP contribution in [0.5, 0.6) is 0 Å². The maximum Gasteiger partial charge on any atom is 0.0594 e. The van der Waals surface area contributed by atoms with Crippen LogP contribution in [0.2, 0.25) is 0 Å². The van der Waals surface area contributed by atoms with Crippen LogP contribution in [-0.2, 0) is 6.54 Å². The first-order valence-electron chi connectivity index (χ1n) is 5.99. The first kappa shape index (κ1) is 11.6. The monoisotopic (exact) mass is 226 g/mol. The summed E-state index contributed by atoms with van der Waals surface area (Å²) in [4.78, 5) is 4.28. The van der Waals surface area contributed by atoms with Gasteiger partial charge in [-0.1, -0.05) is 32.0 Å². The molecule has 1 heterocycles. The number of hydrogen-bond donors (Lipinski definition) is 1. The van der Waals surface area contributed by atoms with E-state index in [0.29, 0.717) is 5.92 Å². The molecule has 88 valence electrons. The normalized spacial score (nSPS) is 10.5.